The van der Waals surface area contributed by atoms with Crippen LogP contribution in [0.5, 0.6) is 5.75 Å². The highest BCUT2D eigenvalue weighted by atomic mass is 16.5. The van der Waals surface area contributed by atoms with Crippen molar-refractivity contribution in [1.82, 2.24) is 5.32 Å². The van der Waals surface area contributed by atoms with Gasteiger partial charge >= 0.3 is 6.03 Å². The number of methoxy groups -OCH3 is 1. The molecule has 0 saturated heterocycles. The Labute approximate surface area is 103 Å². The molecule has 1 N–H and O–H groups in total. The standard InChI is InChI=1S/C13H20N2O2/c1-9(2)10-6-7-11(12(8-10)17-5)15(4)13(16)14-3/h6-9H,1-5H3,(H,14,16). The van der Waals surface area contributed by atoms with Gasteiger partial charge in [-0.25, -0.2) is 4.79 Å². The molecule has 0 aliphatic carbocycles. The van der Waals surface area contributed by atoms with Gasteiger partial charge in [-0.3, -0.25) is 4.90 Å². The van der Waals surface area contributed by atoms with Crippen LogP contribution in [-0.2, 0) is 0 Å². The summed E-state index contributed by atoms with van der Waals surface area (Å²) in [6.07, 6.45) is 0. The average Bonchev–Trinajstić information content (AvgIpc) is 2.35. The molecule has 4 nitrogen and oxygen atoms in total. The SMILES string of the molecule is CNC(=O)N(C)c1ccc(C(C)C)cc1OC. The first-order valence-corrected chi connectivity index (χ1v) is 5.64. The van der Waals surface area contributed by atoms with E-state index in [1.165, 1.54) is 10.5 Å². The fourth-order valence-electron chi connectivity index (χ4n) is 1.61. The second-order valence-corrected chi connectivity index (χ2v) is 4.20. The molecule has 1 aromatic carbocycles. The van der Waals surface area contributed by atoms with Crippen molar-refractivity contribution in [2.45, 2.75) is 19.8 Å². The number of ether oxygens (including phenoxy) is 1. The molecule has 94 valence electrons. The Morgan fingerprint density at radius 1 is 1.41 bits per heavy atom. The minimum absolute atomic E-state index is 0.166. The molecule has 0 saturated carbocycles. The first-order chi connectivity index (χ1) is 8.01. The van der Waals surface area contributed by atoms with E-state index in [9.17, 15) is 4.79 Å². The van der Waals surface area contributed by atoms with Crippen LogP contribution in [0.4, 0.5) is 10.5 Å². The minimum atomic E-state index is -0.166. The van der Waals surface area contributed by atoms with E-state index in [1.54, 1.807) is 21.2 Å². The third-order valence-corrected chi connectivity index (χ3v) is 2.75. The van der Waals surface area contributed by atoms with E-state index in [1.807, 2.05) is 18.2 Å². The Balaban J connectivity index is 3.12. The molecule has 17 heavy (non-hydrogen) atoms. The number of amides is 2. The van der Waals surface area contributed by atoms with E-state index < -0.39 is 0 Å². The molecular weight excluding hydrogens is 216 g/mol. The predicted octanol–water partition coefficient (Wildman–Crippen LogP) is 2.59. The Morgan fingerprint density at radius 2 is 2.06 bits per heavy atom. The molecule has 0 fully saturated rings. The topological polar surface area (TPSA) is 41.6 Å². The van der Waals surface area contributed by atoms with Crippen LogP contribution in [0.25, 0.3) is 0 Å². The largest absolute Gasteiger partial charge is 0.495 e. The lowest BCUT2D eigenvalue weighted by molar-refractivity contribution is 0.249. The van der Waals surface area contributed by atoms with Gasteiger partial charge in [-0.2, -0.15) is 0 Å². The van der Waals surface area contributed by atoms with Crippen molar-refractivity contribution in [3.05, 3.63) is 23.8 Å². The van der Waals surface area contributed by atoms with E-state index in [-0.39, 0.29) is 6.03 Å². The van der Waals surface area contributed by atoms with E-state index in [2.05, 4.69) is 19.2 Å². The van der Waals surface area contributed by atoms with E-state index in [4.69, 9.17) is 4.74 Å². The highest BCUT2D eigenvalue weighted by Crippen LogP contribution is 2.31. The van der Waals surface area contributed by atoms with Crippen molar-refractivity contribution in [3.8, 4) is 5.75 Å². The maximum Gasteiger partial charge on any atom is 0.321 e. The van der Waals surface area contributed by atoms with E-state index >= 15 is 0 Å². The van der Waals surface area contributed by atoms with Gasteiger partial charge < -0.3 is 10.1 Å². The molecule has 0 bridgehead atoms. The summed E-state index contributed by atoms with van der Waals surface area (Å²) in [4.78, 5) is 13.1. The monoisotopic (exact) mass is 236 g/mol. The fraction of sp³-hybridized carbons (Fsp3) is 0.462. The summed E-state index contributed by atoms with van der Waals surface area (Å²) >= 11 is 0. The Bertz CT molecular complexity index is 402. The molecule has 0 unspecified atom stereocenters. The van der Waals surface area contributed by atoms with Gasteiger partial charge in [-0.05, 0) is 23.6 Å². The Hall–Kier alpha value is -1.71. The second kappa shape index (κ2) is 5.57. The van der Waals surface area contributed by atoms with Crippen LogP contribution in [0.2, 0.25) is 0 Å². The predicted molar refractivity (Wildman–Crippen MR) is 69.9 cm³/mol. The molecule has 0 aliphatic heterocycles. The van der Waals surface area contributed by atoms with Crippen molar-refractivity contribution >= 4 is 11.7 Å². The molecule has 0 heterocycles. The van der Waals surface area contributed by atoms with Gasteiger partial charge in [0, 0.05) is 14.1 Å². The third-order valence-electron chi connectivity index (χ3n) is 2.75. The van der Waals surface area contributed by atoms with Crippen molar-refractivity contribution in [2.75, 3.05) is 26.1 Å². The lowest BCUT2D eigenvalue weighted by Crippen LogP contribution is -2.35. The third kappa shape index (κ3) is 2.90. The molecule has 1 aromatic rings. The summed E-state index contributed by atoms with van der Waals surface area (Å²) in [5.74, 6) is 1.14. The second-order valence-electron chi connectivity index (χ2n) is 4.20. The smallest absolute Gasteiger partial charge is 0.321 e. The number of carbonyl (C=O) groups excluding carboxylic acids is 1. The molecule has 0 atom stereocenters. The zero-order chi connectivity index (χ0) is 13.0. The van der Waals surface area contributed by atoms with Gasteiger partial charge in [0.2, 0.25) is 0 Å². The lowest BCUT2D eigenvalue weighted by Gasteiger charge is -2.20. The normalized spacial score (nSPS) is 10.2. The summed E-state index contributed by atoms with van der Waals surface area (Å²) in [6, 6.07) is 5.73. The van der Waals surface area contributed by atoms with Gasteiger partial charge in [0.15, 0.2) is 0 Å². The number of anilines is 1. The number of nitrogens with zero attached hydrogens (tertiary/aromatic N) is 1. The number of benzene rings is 1. The Morgan fingerprint density at radius 3 is 2.53 bits per heavy atom. The quantitative estimate of drug-likeness (QED) is 0.876. The highest BCUT2D eigenvalue weighted by molar-refractivity contribution is 5.92. The van der Waals surface area contributed by atoms with Gasteiger partial charge in [0.25, 0.3) is 0 Å². The number of carbonyl (C=O) groups is 1. The zero-order valence-electron chi connectivity index (χ0n) is 11.1. The van der Waals surface area contributed by atoms with Crippen molar-refractivity contribution < 1.29 is 9.53 Å². The number of hydrogen-bond donors (Lipinski definition) is 1. The highest BCUT2D eigenvalue weighted by Gasteiger charge is 2.14. The number of nitrogens with one attached hydrogen (secondary N) is 1. The van der Waals surface area contributed by atoms with E-state index in [0.717, 1.165) is 5.69 Å². The van der Waals surface area contributed by atoms with Crippen LogP contribution < -0.4 is 15.0 Å². The minimum Gasteiger partial charge on any atom is -0.495 e. The van der Waals surface area contributed by atoms with Crippen LogP contribution in [0.3, 0.4) is 0 Å². The maximum atomic E-state index is 11.6. The number of hydrogen-bond acceptors (Lipinski definition) is 2. The molecular formula is C13H20N2O2. The number of rotatable bonds is 3. The molecule has 2 amide bonds. The molecule has 0 spiro atoms. The van der Waals surface area contributed by atoms with E-state index in [0.29, 0.717) is 11.7 Å². The summed E-state index contributed by atoms with van der Waals surface area (Å²) in [6.45, 7) is 4.24. The fourth-order valence-corrected chi connectivity index (χ4v) is 1.61. The number of urea groups is 1. The maximum absolute atomic E-state index is 11.6. The van der Waals surface area contributed by atoms with Gasteiger partial charge in [0.05, 0.1) is 12.8 Å². The van der Waals surface area contributed by atoms with Crippen molar-refractivity contribution in [1.29, 1.82) is 0 Å². The van der Waals surface area contributed by atoms with Crippen molar-refractivity contribution in [2.24, 2.45) is 0 Å². The molecule has 4 heteroatoms. The van der Waals surface area contributed by atoms with Crippen LogP contribution in [0.1, 0.15) is 25.3 Å². The van der Waals surface area contributed by atoms with Gasteiger partial charge in [-0.15, -0.1) is 0 Å². The van der Waals surface area contributed by atoms with Crippen LogP contribution in [-0.4, -0.2) is 27.2 Å². The first kappa shape index (κ1) is 13.4. The zero-order valence-corrected chi connectivity index (χ0v) is 11.1. The summed E-state index contributed by atoms with van der Waals surface area (Å²) in [5.41, 5.74) is 1.95. The molecule has 1 rings (SSSR count). The summed E-state index contributed by atoms with van der Waals surface area (Å²) < 4.78 is 5.33. The molecule has 0 aliphatic rings. The molecule has 0 aromatic heterocycles. The molecule has 0 radical (unpaired) electrons. The lowest BCUT2D eigenvalue weighted by atomic mass is 10.0. The van der Waals surface area contributed by atoms with Crippen LogP contribution in [0, 0.1) is 0 Å². The van der Waals surface area contributed by atoms with Crippen molar-refractivity contribution in [3.63, 3.8) is 0 Å². The first-order valence-electron chi connectivity index (χ1n) is 5.64. The average molecular weight is 236 g/mol. The Kier molecular flexibility index (Phi) is 4.37. The van der Waals surface area contributed by atoms with Crippen LogP contribution >= 0.6 is 0 Å². The summed E-state index contributed by atoms with van der Waals surface area (Å²) in [7, 11) is 4.93. The van der Waals surface area contributed by atoms with Gasteiger partial charge in [-0.1, -0.05) is 19.9 Å². The summed E-state index contributed by atoms with van der Waals surface area (Å²) in [5, 5.41) is 2.58. The van der Waals surface area contributed by atoms with Crippen LogP contribution in [0.15, 0.2) is 18.2 Å². The van der Waals surface area contributed by atoms with Gasteiger partial charge in [0.1, 0.15) is 5.75 Å².